The van der Waals surface area contributed by atoms with E-state index in [1.54, 1.807) is 0 Å². The van der Waals surface area contributed by atoms with Crippen LogP contribution in [0.1, 0.15) is 336 Å². The molecule has 0 unspecified atom stereocenters. The number of ether oxygens (including phenoxy) is 3. The van der Waals surface area contributed by atoms with Gasteiger partial charge in [-0.05, 0) is 25.2 Å². The average Bonchev–Trinajstić information content (AvgIpc) is 3.29. The van der Waals surface area contributed by atoms with Crippen molar-refractivity contribution in [3.05, 3.63) is 0 Å². The van der Waals surface area contributed by atoms with Crippen LogP contribution in [0.4, 0.5) is 0 Å². The van der Waals surface area contributed by atoms with Crippen molar-refractivity contribution >= 4 is 17.9 Å². The first-order valence-corrected chi connectivity index (χ1v) is 29.4. The Labute approximate surface area is 406 Å². The Morgan fingerprint density at radius 1 is 0.292 bits per heavy atom. The smallest absolute Gasteiger partial charge is 0.306 e. The van der Waals surface area contributed by atoms with Gasteiger partial charge >= 0.3 is 17.9 Å². The van der Waals surface area contributed by atoms with Crippen molar-refractivity contribution in [2.24, 2.45) is 5.92 Å². The molecule has 0 aromatic heterocycles. The monoisotopic (exact) mass is 919 g/mol. The molecule has 0 aliphatic heterocycles. The highest BCUT2D eigenvalue weighted by Gasteiger charge is 2.19. The summed E-state index contributed by atoms with van der Waals surface area (Å²) < 4.78 is 16.9. The molecular weight excluding hydrogens is 805 g/mol. The van der Waals surface area contributed by atoms with Crippen LogP contribution in [0.5, 0.6) is 0 Å². The molecule has 0 heterocycles. The van der Waals surface area contributed by atoms with Crippen molar-refractivity contribution in [2.75, 3.05) is 13.2 Å². The lowest BCUT2D eigenvalue weighted by Gasteiger charge is -2.18. The number of unbranched alkanes of at least 4 members (excludes halogenated alkanes) is 41. The maximum Gasteiger partial charge on any atom is 0.306 e. The van der Waals surface area contributed by atoms with Gasteiger partial charge in [0.25, 0.3) is 0 Å². The molecule has 0 N–H and O–H groups in total. The Kier molecular flexibility index (Phi) is 52.1. The molecule has 65 heavy (non-hydrogen) atoms. The van der Waals surface area contributed by atoms with E-state index in [2.05, 4.69) is 27.7 Å². The molecule has 6 heteroatoms. The Bertz CT molecular complexity index is 980. The Balaban J connectivity index is 4.28. The summed E-state index contributed by atoms with van der Waals surface area (Å²) in [4.78, 5) is 38.1. The fraction of sp³-hybridized carbons (Fsp3) is 0.949. The first-order valence-electron chi connectivity index (χ1n) is 29.4. The fourth-order valence-corrected chi connectivity index (χ4v) is 9.10. The highest BCUT2D eigenvalue weighted by atomic mass is 16.6. The quantitative estimate of drug-likeness (QED) is 0.0344. The van der Waals surface area contributed by atoms with Crippen LogP contribution in [0, 0.1) is 5.92 Å². The van der Waals surface area contributed by atoms with Crippen LogP contribution >= 0.6 is 0 Å². The summed E-state index contributed by atoms with van der Waals surface area (Å²) >= 11 is 0. The molecule has 0 radical (unpaired) electrons. The van der Waals surface area contributed by atoms with Gasteiger partial charge in [0, 0.05) is 19.3 Å². The van der Waals surface area contributed by atoms with Crippen LogP contribution in [0.3, 0.4) is 0 Å². The fourth-order valence-electron chi connectivity index (χ4n) is 9.10. The van der Waals surface area contributed by atoms with E-state index in [1.165, 1.54) is 231 Å². The zero-order valence-electron chi connectivity index (χ0n) is 44.5. The minimum Gasteiger partial charge on any atom is -0.462 e. The summed E-state index contributed by atoms with van der Waals surface area (Å²) in [6.07, 6.45) is 58.0. The summed E-state index contributed by atoms with van der Waals surface area (Å²) in [5.41, 5.74) is 0. The molecule has 386 valence electrons. The van der Waals surface area contributed by atoms with E-state index in [9.17, 15) is 14.4 Å². The minimum atomic E-state index is -0.761. The molecule has 0 fully saturated rings. The molecule has 0 bridgehead atoms. The van der Waals surface area contributed by atoms with Gasteiger partial charge in [-0.3, -0.25) is 14.4 Å². The maximum atomic E-state index is 12.8. The molecule has 0 spiro atoms. The third-order valence-electron chi connectivity index (χ3n) is 13.5. The summed E-state index contributed by atoms with van der Waals surface area (Å²) in [6, 6.07) is 0. The highest BCUT2D eigenvalue weighted by molar-refractivity contribution is 5.71. The molecule has 0 aliphatic carbocycles. The van der Waals surface area contributed by atoms with E-state index in [-0.39, 0.29) is 31.1 Å². The molecular formula is C59H114O6. The average molecular weight is 920 g/mol. The number of hydrogen-bond donors (Lipinski definition) is 0. The molecule has 0 aromatic carbocycles. The second-order valence-corrected chi connectivity index (χ2v) is 20.8. The first-order chi connectivity index (χ1) is 31.9. The third kappa shape index (κ3) is 53.2. The van der Waals surface area contributed by atoms with E-state index in [0.717, 1.165) is 63.7 Å². The first kappa shape index (κ1) is 63.4. The molecule has 0 saturated heterocycles. The third-order valence-corrected chi connectivity index (χ3v) is 13.5. The highest BCUT2D eigenvalue weighted by Crippen LogP contribution is 2.18. The Morgan fingerprint density at radius 3 is 0.754 bits per heavy atom. The molecule has 0 aliphatic rings. The van der Waals surface area contributed by atoms with Gasteiger partial charge in [0.2, 0.25) is 0 Å². The maximum absolute atomic E-state index is 12.8. The SMILES string of the molecule is CCCCCCCCCCCCCCCCCC(=O)O[C@H](COC(=O)CCCCCCCCCCCCCCCC)COC(=O)CCCCCCCCCCCCCCCCCC(C)C. The number of hydrogen-bond acceptors (Lipinski definition) is 6. The summed E-state index contributed by atoms with van der Waals surface area (Å²) in [5.74, 6) is 0.0160. The van der Waals surface area contributed by atoms with Crippen molar-refractivity contribution in [1.29, 1.82) is 0 Å². The zero-order valence-corrected chi connectivity index (χ0v) is 44.5. The van der Waals surface area contributed by atoms with Gasteiger partial charge in [0.05, 0.1) is 0 Å². The molecule has 0 rings (SSSR count). The van der Waals surface area contributed by atoms with Crippen LogP contribution in [0.25, 0.3) is 0 Å². The number of carbonyl (C=O) groups is 3. The number of esters is 3. The topological polar surface area (TPSA) is 78.9 Å². The van der Waals surface area contributed by atoms with E-state index in [1.807, 2.05) is 0 Å². The lowest BCUT2D eigenvalue weighted by atomic mass is 10.0. The number of carbonyl (C=O) groups excluding carboxylic acids is 3. The van der Waals surface area contributed by atoms with Crippen LogP contribution in [-0.2, 0) is 28.6 Å². The lowest BCUT2D eigenvalue weighted by molar-refractivity contribution is -0.167. The van der Waals surface area contributed by atoms with Crippen LogP contribution in [0.15, 0.2) is 0 Å². The van der Waals surface area contributed by atoms with Gasteiger partial charge in [-0.25, -0.2) is 0 Å². The van der Waals surface area contributed by atoms with E-state index in [4.69, 9.17) is 14.2 Å². The van der Waals surface area contributed by atoms with Crippen LogP contribution < -0.4 is 0 Å². The van der Waals surface area contributed by atoms with Crippen molar-refractivity contribution in [1.82, 2.24) is 0 Å². The normalized spacial score (nSPS) is 12.0. The van der Waals surface area contributed by atoms with E-state index < -0.39 is 6.10 Å². The van der Waals surface area contributed by atoms with E-state index in [0.29, 0.717) is 19.3 Å². The molecule has 0 amide bonds. The molecule has 6 nitrogen and oxygen atoms in total. The largest absolute Gasteiger partial charge is 0.462 e. The van der Waals surface area contributed by atoms with Crippen molar-refractivity contribution in [3.8, 4) is 0 Å². The van der Waals surface area contributed by atoms with Gasteiger partial charge in [-0.2, -0.15) is 0 Å². The van der Waals surface area contributed by atoms with Gasteiger partial charge < -0.3 is 14.2 Å². The predicted octanol–water partition coefficient (Wildman–Crippen LogP) is 19.4. The lowest BCUT2D eigenvalue weighted by Crippen LogP contribution is -2.30. The number of rotatable bonds is 54. The van der Waals surface area contributed by atoms with E-state index >= 15 is 0 Å². The van der Waals surface area contributed by atoms with Crippen molar-refractivity contribution in [3.63, 3.8) is 0 Å². The summed E-state index contributed by atoms with van der Waals surface area (Å²) in [6.45, 7) is 9.07. The van der Waals surface area contributed by atoms with Gasteiger partial charge in [-0.15, -0.1) is 0 Å². The van der Waals surface area contributed by atoms with Gasteiger partial charge in [0.1, 0.15) is 13.2 Å². The zero-order chi connectivity index (χ0) is 47.4. The second kappa shape index (κ2) is 53.4. The Hall–Kier alpha value is -1.59. The van der Waals surface area contributed by atoms with Crippen molar-refractivity contribution < 1.29 is 28.6 Å². The molecule has 0 aromatic rings. The Morgan fingerprint density at radius 2 is 0.508 bits per heavy atom. The molecule has 1 atom stereocenters. The standard InChI is InChI=1S/C59H114O6/c1-5-7-9-11-13-15-17-19-22-28-32-36-40-44-48-52-59(62)65-56(53-63-57(60)50-46-42-38-34-30-26-20-18-16-14-12-10-8-6-2)54-64-58(61)51-47-43-39-35-31-27-24-21-23-25-29-33-37-41-45-49-55(3)4/h55-56H,5-54H2,1-4H3/t56-/m1/s1. The summed E-state index contributed by atoms with van der Waals surface area (Å²) in [5, 5.41) is 0. The van der Waals surface area contributed by atoms with Crippen molar-refractivity contribution in [2.45, 2.75) is 342 Å². The molecule has 0 saturated carbocycles. The second-order valence-electron chi connectivity index (χ2n) is 20.8. The van der Waals surface area contributed by atoms with Gasteiger partial charge in [-0.1, -0.05) is 297 Å². The minimum absolute atomic E-state index is 0.0616. The predicted molar refractivity (Wildman–Crippen MR) is 280 cm³/mol. The summed E-state index contributed by atoms with van der Waals surface area (Å²) in [7, 11) is 0. The van der Waals surface area contributed by atoms with Crippen LogP contribution in [-0.4, -0.2) is 37.2 Å². The van der Waals surface area contributed by atoms with Crippen LogP contribution in [0.2, 0.25) is 0 Å². The van der Waals surface area contributed by atoms with Gasteiger partial charge in [0.15, 0.2) is 6.10 Å².